The summed E-state index contributed by atoms with van der Waals surface area (Å²) in [6, 6.07) is 5.48. The van der Waals surface area contributed by atoms with E-state index in [1.54, 1.807) is 16.2 Å². The molecule has 2 aliphatic heterocycles. The molecule has 2 aromatic rings. The SMILES string of the molecule is O=C(NCCc1nc2c(s1)CCCC2)C1CC(=O)N(c2ccc3c(c2)OCCO3)C1. The van der Waals surface area contributed by atoms with Crippen LogP contribution in [0.5, 0.6) is 11.5 Å². The summed E-state index contributed by atoms with van der Waals surface area (Å²) in [5, 5.41) is 4.10. The van der Waals surface area contributed by atoms with Crippen molar-refractivity contribution in [2.24, 2.45) is 5.92 Å². The van der Waals surface area contributed by atoms with E-state index in [1.807, 2.05) is 18.2 Å². The van der Waals surface area contributed by atoms with Gasteiger partial charge in [-0.05, 0) is 37.8 Å². The number of carbonyl (C=O) groups excluding carboxylic acids is 2. The van der Waals surface area contributed by atoms with Crippen LogP contribution < -0.4 is 19.7 Å². The minimum absolute atomic E-state index is 0.0422. The number of hydrogen-bond donors (Lipinski definition) is 1. The number of amides is 2. The predicted octanol–water partition coefficient (Wildman–Crippen LogP) is 2.50. The molecular formula is C22H25N3O4S. The summed E-state index contributed by atoms with van der Waals surface area (Å²) in [4.78, 5) is 33.0. The van der Waals surface area contributed by atoms with Gasteiger partial charge in [0.1, 0.15) is 13.2 Å². The third-order valence-electron chi connectivity index (χ3n) is 5.86. The van der Waals surface area contributed by atoms with Gasteiger partial charge in [0, 0.05) is 42.6 Å². The Morgan fingerprint density at radius 2 is 2.03 bits per heavy atom. The second kappa shape index (κ2) is 8.26. The van der Waals surface area contributed by atoms with Crippen molar-refractivity contribution in [1.29, 1.82) is 0 Å². The number of rotatable bonds is 5. The molecule has 0 bridgehead atoms. The van der Waals surface area contributed by atoms with E-state index < -0.39 is 0 Å². The average molecular weight is 428 g/mol. The van der Waals surface area contributed by atoms with Crippen LogP contribution in [0.3, 0.4) is 0 Å². The molecule has 8 heteroatoms. The molecule has 30 heavy (non-hydrogen) atoms. The zero-order valence-electron chi connectivity index (χ0n) is 16.8. The van der Waals surface area contributed by atoms with Crippen LogP contribution in [0.2, 0.25) is 0 Å². The lowest BCUT2D eigenvalue weighted by atomic mass is 10.0. The number of hydrogen-bond acceptors (Lipinski definition) is 6. The number of ether oxygens (including phenoxy) is 2. The fraction of sp³-hybridized carbons (Fsp3) is 0.500. The van der Waals surface area contributed by atoms with Crippen LogP contribution in [0.1, 0.15) is 34.8 Å². The third-order valence-corrected chi connectivity index (χ3v) is 7.08. The van der Waals surface area contributed by atoms with Crippen LogP contribution in [0.15, 0.2) is 18.2 Å². The number of carbonyl (C=O) groups is 2. The van der Waals surface area contributed by atoms with Crippen molar-refractivity contribution in [1.82, 2.24) is 10.3 Å². The summed E-state index contributed by atoms with van der Waals surface area (Å²) < 4.78 is 11.1. The maximum absolute atomic E-state index is 12.6. The molecule has 1 atom stereocenters. The van der Waals surface area contributed by atoms with Crippen LogP contribution in [-0.2, 0) is 28.9 Å². The molecule has 1 saturated heterocycles. The number of thiazole rings is 1. The molecule has 3 aliphatic rings. The number of aryl methyl sites for hydroxylation is 2. The van der Waals surface area contributed by atoms with Crippen LogP contribution >= 0.6 is 11.3 Å². The van der Waals surface area contributed by atoms with Gasteiger partial charge in [0.2, 0.25) is 11.8 Å². The van der Waals surface area contributed by atoms with Gasteiger partial charge in [-0.25, -0.2) is 4.98 Å². The number of anilines is 1. The van der Waals surface area contributed by atoms with E-state index in [-0.39, 0.29) is 24.2 Å². The van der Waals surface area contributed by atoms with Crippen molar-refractivity contribution < 1.29 is 19.1 Å². The molecule has 0 spiro atoms. The van der Waals surface area contributed by atoms with Gasteiger partial charge < -0.3 is 19.7 Å². The standard InChI is InChI=1S/C22H25N3O4S/c26-21-11-14(13-25(21)15-5-6-17-18(12-15)29-10-9-28-17)22(27)23-8-7-20-24-16-3-1-2-4-19(16)30-20/h5-6,12,14H,1-4,7-11,13H2,(H,23,27). The molecular weight excluding hydrogens is 402 g/mol. The van der Waals surface area contributed by atoms with E-state index in [4.69, 9.17) is 14.5 Å². The number of benzene rings is 1. The Kier molecular flexibility index (Phi) is 5.33. The second-order valence-corrected chi connectivity index (χ2v) is 9.13. The fourth-order valence-electron chi connectivity index (χ4n) is 4.28. The Balaban J connectivity index is 1.16. The minimum atomic E-state index is -0.338. The lowest BCUT2D eigenvalue weighted by molar-refractivity contribution is -0.126. The normalized spacial score (nSPS) is 20.2. The lowest BCUT2D eigenvalue weighted by Crippen LogP contribution is -2.34. The highest BCUT2D eigenvalue weighted by atomic mass is 32.1. The molecule has 3 heterocycles. The van der Waals surface area contributed by atoms with Crippen molar-refractivity contribution in [3.05, 3.63) is 33.8 Å². The van der Waals surface area contributed by atoms with E-state index in [1.165, 1.54) is 23.4 Å². The lowest BCUT2D eigenvalue weighted by Gasteiger charge is -2.22. The number of nitrogens with zero attached hydrogens (tertiary/aromatic N) is 2. The van der Waals surface area contributed by atoms with Crippen molar-refractivity contribution in [3.8, 4) is 11.5 Å². The Morgan fingerprint density at radius 1 is 1.20 bits per heavy atom. The monoisotopic (exact) mass is 427 g/mol. The molecule has 2 amide bonds. The summed E-state index contributed by atoms with van der Waals surface area (Å²) in [6.45, 7) is 1.97. The summed E-state index contributed by atoms with van der Waals surface area (Å²) >= 11 is 1.78. The number of fused-ring (bicyclic) bond motifs is 2. The maximum Gasteiger partial charge on any atom is 0.227 e. The first kappa shape index (κ1) is 19.4. The van der Waals surface area contributed by atoms with E-state index in [0.717, 1.165) is 30.0 Å². The fourth-order valence-corrected chi connectivity index (χ4v) is 5.44. The zero-order chi connectivity index (χ0) is 20.5. The van der Waals surface area contributed by atoms with Crippen molar-refractivity contribution in [3.63, 3.8) is 0 Å². The van der Waals surface area contributed by atoms with Gasteiger partial charge in [-0.1, -0.05) is 0 Å². The van der Waals surface area contributed by atoms with Crippen LogP contribution in [0.4, 0.5) is 5.69 Å². The molecule has 7 nitrogen and oxygen atoms in total. The first-order valence-electron chi connectivity index (χ1n) is 10.6. The first-order valence-corrected chi connectivity index (χ1v) is 11.4. The minimum Gasteiger partial charge on any atom is -0.486 e. The van der Waals surface area contributed by atoms with E-state index in [0.29, 0.717) is 37.8 Å². The van der Waals surface area contributed by atoms with E-state index in [2.05, 4.69) is 5.32 Å². The van der Waals surface area contributed by atoms with Gasteiger partial charge in [0.05, 0.1) is 16.6 Å². The molecule has 0 radical (unpaired) electrons. The van der Waals surface area contributed by atoms with Crippen molar-refractivity contribution in [2.45, 2.75) is 38.5 Å². The molecule has 5 rings (SSSR count). The van der Waals surface area contributed by atoms with Crippen LogP contribution in [0, 0.1) is 5.92 Å². The average Bonchev–Trinajstić information content (AvgIpc) is 3.36. The summed E-state index contributed by atoms with van der Waals surface area (Å²) in [6.07, 6.45) is 5.67. The molecule has 1 N–H and O–H groups in total. The van der Waals surface area contributed by atoms with Crippen molar-refractivity contribution >= 4 is 28.8 Å². The van der Waals surface area contributed by atoms with Crippen molar-refractivity contribution in [2.75, 3.05) is 31.2 Å². The summed E-state index contributed by atoms with van der Waals surface area (Å²) in [7, 11) is 0. The van der Waals surface area contributed by atoms with Gasteiger partial charge in [-0.2, -0.15) is 0 Å². The summed E-state index contributed by atoms with van der Waals surface area (Å²) in [5.74, 6) is 0.889. The quantitative estimate of drug-likeness (QED) is 0.793. The number of nitrogens with one attached hydrogen (secondary N) is 1. The van der Waals surface area contributed by atoms with Gasteiger partial charge in [0.25, 0.3) is 0 Å². The van der Waals surface area contributed by atoms with Crippen LogP contribution in [-0.4, -0.2) is 43.1 Å². The molecule has 1 aromatic carbocycles. The number of aromatic nitrogens is 1. The Morgan fingerprint density at radius 3 is 2.90 bits per heavy atom. The highest BCUT2D eigenvalue weighted by Crippen LogP contribution is 2.36. The first-order chi connectivity index (χ1) is 14.7. The second-order valence-electron chi connectivity index (χ2n) is 7.96. The topological polar surface area (TPSA) is 80.8 Å². The zero-order valence-corrected chi connectivity index (χ0v) is 17.6. The van der Waals surface area contributed by atoms with E-state index >= 15 is 0 Å². The molecule has 1 fully saturated rings. The third kappa shape index (κ3) is 3.88. The highest BCUT2D eigenvalue weighted by Gasteiger charge is 2.35. The summed E-state index contributed by atoms with van der Waals surface area (Å²) in [5.41, 5.74) is 2.00. The maximum atomic E-state index is 12.6. The van der Waals surface area contributed by atoms with Crippen LogP contribution in [0.25, 0.3) is 0 Å². The largest absolute Gasteiger partial charge is 0.486 e. The molecule has 158 valence electrons. The smallest absolute Gasteiger partial charge is 0.227 e. The Labute approximate surface area is 179 Å². The Bertz CT molecular complexity index is 950. The van der Waals surface area contributed by atoms with E-state index in [9.17, 15) is 9.59 Å². The molecule has 1 aliphatic carbocycles. The molecule has 1 aromatic heterocycles. The molecule has 1 unspecified atom stereocenters. The molecule has 0 saturated carbocycles. The van der Waals surface area contributed by atoms with Gasteiger partial charge in [-0.3, -0.25) is 9.59 Å². The van der Waals surface area contributed by atoms with Gasteiger partial charge in [0.15, 0.2) is 11.5 Å². The predicted molar refractivity (Wildman–Crippen MR) is 113 cm³/mol. The van der Waals surface area contributed by atoms with Gasteiger partial charge >= 0.3 is 0 Å². The highest BCUT2D eigenvalue weighted by molar-refractivity contribution is 7.11. The Hall–Kier alpha value is -2.61. The van der Waals surface area contributed by atoms with Gasteiger partial charge in [-0.15, -0.1) is 11.3 Å².